The summed E-state index contributed by atoms with van der Waals surface area (Å²) in [4.78, 5) is 4.29. The number of hydrogen-bond acceptors (Lipinski definition) is 5. The molecule has 3 rings (SSSR count). The Bertz CT molecular complexity index is 828. The number of benzene rings is 2. The summed E-state index contributed by atoms with van der Waals surface area (Å²) in [6.07, 6.45) is 1.46. The number of anilines is 4. The quantitative estimate of drug-likeness (QED) is 0.658. The van der Waals surface area contributed by atoms with E-state index in [1.807, 2.05) is 24.3 Å². The van der Waals surface area contributed by atoms with Crippen LogP contribution in [0.3, 0.4) is 0 Å². The van der Waals surface area contributed by atoms with Gasteiger partial charge in [0.15, 0.2) is 5.82 Å². The van der Waals surface area contributed by atoms with Crippen LogP contribution in [0.25, 0.3) is 0 Å². The molecule has 0 atom stereocenters. The van der Waals surface area contributed by atoms with Gasteiger partial charge >= 0.3 is 0 Å². The number of rotatable bonds is 4. The van der Waals surface area contributed by atoms with E-state index in [1.54, 1.807) is 6.07 Å². The van der Waals surface area contributed by atoms with Gasteiger partial charge in [-0.25, -0.2) is 4.39 Å². The molecule has 8 heteroatoms. The Morgan fingerprint density at radius 2 is 1.74 bits per heavy atom. The molecule has 0 spiro atoms. The summed E-state index contributed by atoms with van der Waals surface area (Å²) in [7, 11) is 0. The van der Waals surface area contributed by atoms with Crippen LogP contribution >= 0.6 is 27.5 Å². The van der Waals surface area contributed by atoms with E-state index in [-0.39, 0.29) is 5.02 Å². The molecule has 23 heavy (non-hydrogen) atoms. The average Bonchev–Trinajstić information content (AvgIpc) is 2.54. The van der Waals surface area contributed by atoms with Crippen LogP contribution in [0.4, 0.5) is 27.5 Å². The van der Waals surface area contributed by atoms with Gasteiger partial charge in [0.05, 0.1) is 11.2 Å². The van der Waals surface area contributed by atoms with Gasteiger partial charge in [0, 0.05) is 15.8 Å². The van der Waals surface area contributed by atoms with Crippen molar-refractivity contribution in [3.05, 3.63) is 64.0 Å². The molecule has 0 saturated heterocycles. The highest BCUT2D eigenvalue weighted by atomic mass is 79.9. The molecule has 0 aliphatic rings. The van der Waals surface area contributed by atoms with Crippen LogP contribution in [0.2, 0.25) is 5.02 Å². The summed E-state index contributed by atoms with van der Waals surface area (Å²) < 4.78 is 14.1. The van der Waals surface area contributed by atoms with E-state index in [4.69, 9.17) is 11.6 Å². The summed E-state index contributed by atoms with van der Waals surface area (Å²) in [6, 6.07) is 11.9. The van der Waals surface area contributed by atoms with Crippen molar-refractivity contribution in [3.63, 3.8) is 0 Å². The van der Waals surface area contributed by atoms with Gasteiger partial charge in [-0.05, 0) is 42.5 Å². The number of aromatic nitrogens is 3. The lowest BCUT2D eigenvalue weighted by atomic mass is 10.3. The lowest BCUT2D eigenvalue weighted by Crippen LogP contribution is -2.02. The predicted octanol–water partition coefficient (Wildman–Crippen LogP) is 4.91. The number of halogens is 3. The third-order valence-corrected chi connectivity index (χ3v) is 3.67. The molecular weight excluding hydrogens is 385 g/mol. The normalized spacial score (nSPS) is 10.4. The minimum atomic E-state index is -0.476. The van der Waals surface area contributed by atoms with E-state index in [0.29, 0.717) is 17.5 Å². The summed E-state index contributed by atoms with van der Waals surface area (Å²) in [5.41, 5.74) is 1.43. The van der Waals surface area contributed by atoms with Crippen LogP contribution in [0, 0.1) is 5.82 Å². The molecule has 0 radical (unpaired) electrons. The molecule has 0 unspecified atom stereocenters. The van der Waals surface area contributed by atoms with Crippen LogP contribution < -0.4 is 10.6 Å². The van der Waals surface area contributed by atoms with Crippen molar-refractivity contribution in [1.29, 1.82) is 0 Å². The summed E-state index contributed by atoms with van der Waals surface area (Å²) in [5.74, 6) is 0.323. The van der Waals surface area contributed by atoms with Crippen molar-refractivity contribution in [1.82, 2.24) is 15.2 Å². The van der Waals surface area contributed by atoms with Gasteiger partial charge in [-0.1, -0.05) is 27.5 Å². The SMILES string of the molecule is Fc1ccc(Nc2cnnc(Nc3ccc(Br)cc3)n2)cc1Cl. The molecule has 0 aliphatic heterocycles. The molecule has 0 bridgehead atoms. The average molecular weight is 395 g/mol. The van der Waals surface area contributed by atoms with Crippen molar-refractivity contribution in [2.24, 2.45) is 0 Å². The fourth-order valence-corrected chi connectivity index (χ4v) is 2.25. The van der Waals surface area contributed by atoms with Crippen molar-refractivity contribution < 1.29 is 4.39 Å². The molecule has 0 fully saturated rings. The second kappa shape index (κ2) is 6.89. The van der Waals surface area contributed by atoms with Crippen molar-refractivity contribution in [2.45, 2.75) is 0 Å². The maximum atomic E-state index is 13.2. The van der Waals surface area contributed by atoms with Gasteiger partial charge < -0.3 is 10.6 Å². The Morgan fingerprint density at radius 3 is 2.48 bits per heavy atom. The van der Waals surface area contributed by atoms with Crippen molar-refractivity contribution >= 4 is 50.7 Å². The minimum absolute atomic E-state index is 0.0326. The van der Waals surface area contributed by atoms with Gasteiger partial charge in [0.25, 0.3) is 0 Å². The maximum Gasteiger partial charge on any atom is 0.249 e. The summed E-state index contributed by atoms with van der Waals surface area (Å²) >= 11 is 9.12. The van der Waals surface area contributed by atoms with E-state index in [1.165, 1.54) is 18.3 Å². The second-order valence-electron chi connectivity index (χ2n) is 4.55. The maximum absolute atomic E-state index is 13.2. The Kier molecular flexibility index (Phi) is 4.68. The van der Waals surface area contributed by atoms with Crippen LogP contribution in [-0.2, 0) is 0 Å². The Hall–Kier alpha value is -2.25. The van der Waals surface area contributed by atoms with E-state index in [0.717, 1.165) is 10.2 Å². The van der Waals surface area contributed by atoms with E-state index < -0.39 is 5.82 Å². The first-order valence-electron chi connectivity index (χ1n) is 6.54. The van der Waals surface area contributed by atoms with E-state index >= 15 is 0 Å². The number of nitrogens with zero attached hydrogens (tertiary/aromatic N) is 3. The van der Waals surface area contributed by atoms with Gasteiger partial charge in [-0.15, -0.1) is 5.10 Å². The van der Waals surface area contributed by atoms with Gasteiger partial charge in [-0.3, -0.25) is 0 Å². The smallest absolute Gasteiger partial charge is 0.249 e. The Labute approximate surface area is 145 Å². The first-order valence-corrected chi connectivity index (χ1v) is 7.72. The fourth-order valence-electron chi connectivity index (χ4n) is 1.80. The fraction of sp³-hybridized carbons (Fsp3) is 0. The number of nitrogens with one attached hydrogen (secondary N) is 2. The van der Waals surface area contributed by atoms with Crippen molar-refractivity contribution in [2.75, 3.05) is 10.6 Å². The van der Waals surface area contributed by atoms with E-state index in [9.17, 15) is 4.39 Å². The molecule has 1 aromatic heterocycles. The lowest BCUT2D eigenvalue weighted by molar-refractivity contribution is 0.628. The molecule has 3 aromatic rings. The molecular formula is C15H10BrClFN5. The van der Waals surface area contributed by atoms with Gasteiger partial charge in [-0.2, -0.15) is 10.1 Å². The van der Waals surface area contributed by atoms with Crippen LogP contribution in [0.5, 0.6) is 0 Å². The van der Waals surface area contributed by atoms with Crippen LogP contribution in [-0.4, -0.2) is 15.2 Å². The zero-order chi connectivity index (χ0) is 16.2. The first kappa shape index (κ1) is 15.6. The summed E-state index contributed by atoms with van der Waals surface area (Å²) in [6.45, 7) is 0. The van der Waals surface area contributed by atoms with Gasteiger partial charge in [0.2, 0.25) is 5.95 Å². The standard InChI is InChI=1S/C15H10BrClFN5/c16-9-1-3-10(4-2-9)21-15-22-14(8-19-23-15)20-11-5-6-13(18)12(17)7-11/h1-8H,(H2,20,21,22,23). The Morgan fingerprint density at radius 1 is 1.00 bits per heavy atom. The predicted molar refractivity (Wildman–Crippen MR) is 91.9 cm³/mol. The largest absolute Gasteiger partial charge is 0.339 e. The molecule has 0 amide bonds. The third-order valence-electron chi connectivity index (χ3n) is 2.85. The van der Waals surface area contributed by atoms with Crippen LogP contribution in [0.15, 0.2) is 53.1 Å². The molecule has 2 aromatic carbocycles. The lowest BCUT2D eigenvalue weighted by Gasteiger charge is -2.08. The molecule has 116 valence electrons. The second-order valence-corrected chi connectivity index (χ2v) is 5.87. The van der Waals surface area contributed by atoms with Gasteiger partial charge in [0.1, 0.15) is 5.82 Å². The molecule has 1 heterocycles. The topological polar surface area (TPSA) is 62.7 Å². The zero-order valence-electron chi connectivity index (χ0n) is 11.6. The Balaban J connectivity index is 1.76. The highest BCUT2D eigenvalue weighted by molar-refractivity contribution is 9.10. The molecule has 5 nitrogen and oxygen atoms in total. The monoisotopic (exact) mass is 393 g/mol. The van der Waals surface area contributed by atoms with Crippen LogP contribution in [0.1, 0.15) is 0 Å². The van der Waals surface area contributed by atoms with Crippen molar-refractivity contribution in [3.8, 4) is 0 Å². The zero-order valence-corrected chi connectivity index (χ0v) is 13.9. The minimum Gasteiger partial charge on any atom is -0.339 e. The third kappa shape index (κ3) is 4.14. The highest BCUT2D eigenvalue weighted by Crippen LogP contribution is 2.22. The first-order chi connectivity index (χ1) is 11.1. The molecule has 0 aliphatic carbocycles. The summed E-state index contributed by atoms with van der Waals surface area (Å²) in [5, 5.41) is 13.9. The van der Waals surface area contributed by atoms with E-state index in [2.05, 4.69) is 41.7 Å². The highest BCUT2D eigenvalue weighted by Gasteiger charge is 2.04. The molecule has 0 saturated carbocycles. The number of hydrogen-bond donors (Lipinski definition) is 2. The molecule has 2 N–H and O–H groups in total.